The third-order valence-electron chi connectivity index (χ3n) is 5.29. The molecule has 0 unspecified atom stereocenters. The topological polar surface area (TPSA) is 114 Å². The van der Waals surface area contributed by atoms with Crippen LogP contribution < -0.4 is 14.9 Å². The third-order valence-corrected chi connectivity index (χ3v) is 7.51. The monoisotopic (exact) mass is 575 g/mol. The molecule has 3 aromatic rings. The summed E-state index contributed by atoms with van der Waals surface area (Å²) in [5, 5.41) is 4.52. The number of rotatable bonds is 10. The Morgan fingerprint density at radius 3 is 2.24 bits per heavy atom. The number of hydrazone groups is 1. The lowest BCUT2D eigenvalue weighted by Crippen LogP contribution is -2.46. The number of sulfonamides is 1. The maximum Gasteiger partial charge on any atom is 0.343 e. The number of hydrogen-bond acceptors (Lipinski definition) is 6. The molecule has 0 aliphatic rings. The van der Waals surface area contributed by atoms with E-state index in [1.54, 1.807) is 36.4 Å². The molecule has 2 N–H and O–H groups in total. The van der Waals surface area contributed by atoms with Crippen LogP contribution in [0.5, 0.6) is 5.75 Å². The summed E-state index contributed by atoms with van der Waals surface area (Å²) in [4.78, 5) is 25.1. The van der Waals surface area contributed by atoms with Gasteiger partial charge < -0.3 is 4.74 Å². The van der Waals surface area contributed by atoms with Crippen molar-refractivity contribution in [2.45, 2.75) is 38.1 Å². The number of aryl methyl sites for hydroxylation is 1. The van der Waals surface area contributed by atoms with E-state index < -0.39 is 27.9 Å². The fourth-order valence-electron chi connectivity index (χ4n) is 3.31. The molecule has 0 heterocycles. The van der Waals surface area contributed by atoms with E-state index in [-0.39, 0.29) is 27.8 Å². The zero-order valence-electron chi connectivity index (χ0n) is 20.9. The number of hydrogen-bond donors (Lipinski definition) is 2. The number of amides is 1. The molecular weight excluding hydrogens is 549 g/mol. The van der Waals surface area contributed by atoms with Crippen LogP contribution in [0.3, 0.4) is 0 Å². The molecule has 0 aliphatic heterocycles. The summed E-state index contributed by atoms with van der Waals surface area (Å²) in [6.07, 6.45) is 1.68. The number of ether oxygens (including phenoxy) is 1. The van der Waals surface area contributed by atoms with Gasteiger partial charge in [-0.05, 0) is 79.4 Å². The number of nitrogens with zero attached hydrogens (tertiary/aromatic N) is 1. The van der Waals surface area contributed by atoms with Crippen LogP contribution in [-0.4, -0.2) is 32.6 Å². The van der Waals surface area contributed by atoms with Gasteiger partial charge in [-0.15, -0.1) is 0 Å². The Bertz CT molecular complexity index is 1420. The molecule has 0 saturated heterocycles. The molecule has 200 valence electrons. The molecule has 0 aliphatic carbocycles. The zero-order chi connectivity index (χ0) is 27.9. The van der Waals surface area contributed by atoms with Crippen molar-refractivity contribution in [2.24, 2.45) is 11.0 Å². The Morgan fingerprint density at radius 1 is 0.974 bits per heavy atom. The maximum absolute atomic E-state index is 12.8. The minimum atomic E-state index is -3.90. The quantitative estimate of drug-likeness (QED) is 0.146. The van der Waals surface area contributed by atoms with Crippen molar-refractivity contribution in [1.82, 2.24) is 10.1 Å². The lowest BCUT2D eigenvalue weighted by Gasteiger charge is -2.19. The van der Waals surface area contributed by atoms with Gasteiger partial charge in [0.15, 0.2) is 0 Å². The van der Waals surface area contributed by atoms with Gasteiger partial charge in [0, 0.05) is 0 Å². The summed E-state index contributed by atoms with van der Waals surface area (Å²) in [7, 11) is -3.90. The Morgan fingerprint density at radius 2 is 1.63 bits per heavy atom. The minimum absolute atomic E-state index is 0.0506. The normalized spacial score (nSPS) is 12.5. The average molecular weight is 577 g/mol. The Kier molecular flexibility index (Phi) is 10.0. The first-order chi connectivity index (χ1) is 17.9. The zero-order valence-corrected chi connectivity index (χ0v) is 23.3. The van der Waals surface area contributed by atoms with Gasteiger partial charge in [-0.3, -0.25) is 4.79 Å². The minimum Gasteiger partial charge on any atom is -0.423 e. The molecule has 8 nitrogen and oxygen atoms in total. The van der Waals surface area contributed by atoms with Crippen LogP contribution in [0.2, 0.25) is 10.0 Å². The second-order valence-corrected chi connectivity index (χ2v) is 11.5. The fraction of sp³-hybridized carbons (Fsp3) is 0.222. The van der Waals surface area contributed by atoms with E-state index in [1.165, 1.54) is 36.5 Å². The van der Waals surface area contributed by atoms with E-state index >= 15 is 0 Å². The number of benzene rings is 3. The highest BCUT2D eigenvalue weighted by molar-refractivity contribution is 7.89. The second-order valence-electron chi connectivity index (χ2n) is 8.94. The average Bonchev–Trinajstić information content (AvgIpc) is 2.86. The summed E-state index contributed by atoms with van der Waals surface area (Å²) >= 11 is 11.8. The first-order valence-corrected chi connectivity index (χ1v) is 13.9. The van der Waals surface area contributed by atoms with Crippen molar-refractivity contribution in [3.63, 3.8) is 0 Å². The van der Waals surface area contributed by atoms with Gasteiger partial charge in [0.05, 0.1) is 26.7 Å². The van der Waals surface area contributed by atoms with Crippen molar-refractivity contribution in [3.8, 4) is 5.75 Å². The van der Waals surface area contributed by atoms with Gasteiger partial charge in [0.25, 0.3) is 5.91 Å². The van der Waals surface area contributed by atoms with Gasteiger partial charge in [0.1, 0.15) is 11.8 Å². The van der Waals surface area contributed by atoms with E-state index in [2.05, 4.69) is 15.2 Å². The lowest BCUT2D eigenvalue weighted by atomic mass is 10.0. The van der Waals surface area contributed by atoms with E-state index in [1.807, 2.05) is 20.8 Å². The summed E-state index contributed by atoms with van der Waals surface area (Å²) in [5.74, 6) is -0.835. The van der Waals surface area contributed by atoms with Gasteiger partial charge in [-0.1, -0.05) is 54.7 Å². The van der Waals surface area contributed by atoms with Gasteiger partial charge in [-0.25, -0.2) is 18.6 Å². The maximum atomic E-state index is 12.8. The second kappa shape index (κ2) is 13.0. The summed E-state index contributed by atoms with van der Waals surface area (Å²) < 4.78 is 33.4. The van der Waals surface area contributed by atoms with E-state index in [4.69, 9.17) is 27.9 Å². The van der Waals surface area contributed by atoms with Crippen LogP contribution in [0, 0.1) is 12.8 Å². The number of carbonyl (C=O) groups is 2. The van der Waals surface area contributed by atoms with Crippen molar-refractivity contribution >= 4 is 51.3 Å². The molecule has 0 bridgehead atoms. The Labute approximate surface area is 232 Å². The predicted octanol–water partition coefficient (Wildman–Crippen LogP) is 5.36. The fourth-order valence-corrected chi connectivity index (χ4v) is 4.82. The van der Waals surface area contributed by atoms with E-state index in [9.17, 15) is 18.0 Å². The van der Waals surface area contributed by atoms with Crippen molar-refractivity contribution < 1.29 is 22.7 Å². The number of esters is 1. The summed E-state index contributed by atoms with van der Waals surface area (Å²) in [6.45, 7) is 5.63. The molecule has 0 fully saturated rings. The molecule has 0 saturated carbocycles. The smallest absolute Gasteiger partial charge is 0.343 e. The largest absolute Gasteiger partial charge is 0.423 e. The van der Waals surface area contributed by atoms with Gasteiger partial charge in [-0.2, -0.15) is 9.82 Å². The van der Waals surface area contributed by atoms with E-state index in [0.717, 1.165) is 5.56 Å². The highest BCUT2D eigenvalue weighted by Crippen LogP contribution is 2.23. The first kappa shape index (κ1) is 29.3. The number of carbonyl (C=O) groups excluding carboxylic acids is 2. The summed E-state index contributed by atoms with van der Waals surface area (Å²) in [6, 6.07) is 16.2. The van der Waals surface area contributed by atoms with Crippen LogP contribution in [0.25, 0.3) is 0 Å². The van der Waals surface area contributed by atoms with Gasteiger partial charge in [0.2, 0.25) is 10.0 Å². The highest BCUT2D eigenvalue weighted by Gasteiger charge is 2.26. The van der Waals surface area contributed by atoms with Crippen LogP contribution in [0.1, 0.15) is 41.8 Å². The number of halogens is 2. The molecule has 38 heavy (non-hydrogen) atoms. The van der Waals surface area contributed by atoms with Crippen molar-refractivity contribution in [3.05, 3.63) is 93.5 Å². The molecule has 3 rings (SSSR count). The van der Waals surface area contributed by atoms with Crippen molar-refractivity contribution in [2.75, 3.05) is 0 Å². The third kappa shape index (κ3) is 8.39. The van der Waals surface area contributed by atoms with Gasteiger partial charge >= 0.3 is 5.97 Å². The predicted molar refractivity (Wildman–Crippen MR) is 148 cm³/mol. The summed E-state index contributed by atoms with van der Waals surface area (Å²) in [5.41, 5.74) is 4.18. The first-order valence-electron chi connectivity index (χ1n) is 11.6. The Hall–Kier alpha value is -3.24. The van der Waals surface area contributed by atoms with E-state index in [0.29, 0.717) is 16.3 Å². The molecule has 0 radical (unpaired) electrons. The molecule has 1 atom stereocenters. The highest BCUT2D eigenvalue weighted by atomic mass is 35.5. The van der Waals surface area contributed by atoms with Crippen LogP contribution in [0.4, 0.5) is 0 Å². The van der Waals surface area contributed by atoms with Crippen LogP contribution >= 0.6 is 23.2 Å². The lowest BCUT2D eigenvalue weighted by molar-refractivity contribution is -0.123. The SMILES string of the molecule is Cc1ccc(S(=O)(=O)N[C@@H](CC(C)C)C(=O)N/N=C\c2ccc(OC(=O)c3ccc(Cl)c(Cl)c3)cc2)cc1. The molecule has 0 aromatic heterocycles. The molecule has 11 heteroatoms. The molecular formula is C27H27Cl2N3O5S. The standard InChI is InChI=1S/C27H27Cl2N3O5S/c1-17(2)14-25(32-38(35,36)22-11-4-18(3)5-12-22)26(33)31-30-16-19-6-9-21(10-7-19)37-27(34)20-8-13-23(28)24(29)15-20/h4-13,15-17,25,32H,14H2,1-3H3,(H,31,33)/b30-16-/t25-/m0/s1. The number of nitrogens with one attached hydrogen (secondary N) is 2. The molecule has 0 spiro atoms. The molecule has 3 aromatic carbocycles. The van der Waals surface area contributed by atoms with Crippen LogP contribution in [-0.2, 0) is 14.8 Å². The molecule has 1 amide bonds. The van der Waals surface area contributed by atoms with Crippen LogP contribution in [0.15, 0.2) is 76.7 Å². The Balaban J connectivity index is 1.61. The van der Waals surface area contributed by atoms with Crippen molar-refractivity contribution in [1.29, 1.82) is 0 Å².